The first kappa shape index (κ1) is 13.8. The number of thiazole rings is 1. The maximum Gasteiger partial charge on any atom is 0.259 e. The molecule has 0 saturated heterocycles. The molecular weight excluding hydrogens is 356 g/mol. The van der Waals surface area contributed by atoms with Crippen LogP contribution in [-0.2, 0) is 0 Å². The lowest BCUT2D eigenvalue weighted by atomic mass is 10.1. The Morgan fingerprint density at radius 3 is 2.95 bits per heavy atom. The van der Waals surface area contributed by atoms with Gasteiger partial charge in [-0.05, 0) is 35.5 Å². The van der Waals surface area contributed by atoms with Gasteiger partial charge in [0.2, 0.25) is 0 Å². The Kier molecular flexibility index (Phi) is 3.76. The van der Waals surface area contributed by atoms with Gasteiger partial charge in [0, 0.05) is 9.85 Å². The van der Waals surface area contributed by atoms with E-state index in [2.05, 4.69) is 41.8 Å². The van der Waals surface area contributed by atoms with E-state index in [1.165, 1.54) is 22.3 Å². The molecule has 0 aliphatic rings. The van der Waals surface area contributed by atoms with Gasteiger partial charge in [-0.15, -0.1) is 16.4 Å². The topological polar surface area (TPSA) is 85.6 Å². The van der Waals surface area contributed by atoms with Gasteiger partial charge in [-0.1, -0.05) is 15.9 Å². The molecule has 2 heterocycles. The lowest BCUT2D eigenvalue weighted by molar-refractivity contribution is 0.102. The fourth-order valence-electron chi connectivity index (χ4n) is 1.74. The summed E-state index contributed by atoms with van der Waals surface area (Å²) in [6, 6.07) is 5.30. The number of aromatic nitrogens is 5. The Morgan fingerprint density at radius 2 is 2.29 bits per heavy atom. The molecule has 1 amide bonds. The van der Waals surface area contributed by atoms with Gasteiger partial charge in [-0.25, -0.2) is 4.98 Å². The SMILES string of the molecule is Cc1csc(NC(=O)c2cc(Br)ccc2-n2cnnn2)n1. The third kappa shape index (κ3) is 2.98. The average molecular weight is 365 g/mol. The molecule has 106 valence electrons. The molecule has 0 fully saturated rings. The Morgan fingerprint density at radius 1 is 1.43 bits per heavy atom. The van der Waals surface area contributed by atoms with Crippen LogP contribution in [0.25, 0.3) is 5.69 Å². The van der Waals surface area contributed by atoms with E-state index in [1.54, 1.807) is 12.1 Å². The molecule has 9 heteroatoms. The van der Waals surface area contributed by atoms with Crippen molar-refractivity contribution >= 4 is 38.3 Å². The highest BCUT2D eigenvalue weighted by molar-refractivity contribution is 9.10. The first-order valence-corrected chi connectivity index (χ1v) is 7.57. The number of nitrogens with one attached hydrogen (secondary N) is 1. The number of anilines is 1. The highest BCUT2D eigenvalue weighted by Crippen LogP contribution is 2.22. The molecule has 2 aromatic heterocycles. The molecule has 3 aromatic rings. The Bertz CT molecular complexity index is 785. The summed E-state index contributed by atoms with van der Waals surface area (Å²) in [4.78, 5) is 16.7. The predicted octanol–water partition coefficient (Wildman–Crippen LogP) is 2.44. The van der Waals surface area contributed by atoms with E-state index in [-0.39, 0.29) is 5.91 Å². The maximum atomic E-state index is 12.4. The van der Waals surface area contributed by atoms with E-state index in [9.17, 15) is 4.79 Å². The lowest BCUT2D eigenvalue weighted by Gasteiger charge is -2.08. The predicted molar refractivity (Wildman–Crippen MR) is 81.7 cm³/mol. The van der Waals surface area contributed by atoms with E-state index >= 15 is 0 Å². The Hall–Kier alpha value is -2.13. The van der Waals surface area contributed by atoms with Crippen LogP contribution in [0.1, 0.15) is 16.1 Å². The summed E-state index contributed by atoms with van der Waals surface area (Å²) < 4.78 is 2.23. The number of rotatable bonds is 3. The van der Waals surface area contributed by atoms with Crippen LogP contribution < -0.4 is 5.32 Å². The van der Waals surface area contributed by atoms with Crippen molar-refractivity contribution in [3.05, 3.63) is 45.6 Å². The zero-order chi connectivity index (χ0) is 14.8. The Labute approximate surface area is 132 Å². The average Bonchev–Trinajstić information content (AvgIpc) is 3.10. The summed E-state index contributed by atoms with van der Waals surface area (Å²) >= 11 is 4.74. The number of amides is 1. The highest BCUT2D eigenvalue weighted by atomic mass is 79.9. The number of carbonyl (C=O) groups is 1. The van der Waals surface area contributed by atoms with Gasteiger partial charge in [-0.3, -0.25) is 10.1 Å². The first-order chi connectivity index (χ1) is 10.1. The molecule has 0 atom stereocenters. The second-order valence-corrected chi connectivity index (χ2v) is 5.94. The molecule has 1 aromatic carbocycles. The minimum Gasteiger partial charge on any atom is -0.298 e. The number of aryl methyl sites for hydroxylation is 1. The summed E-state index contributed by atoms with van der Waals surface area (Å²) in [6.07, 6.45) is 1.44. The largest absolute Gasteiger partial charge is 0.298 e. The van der Waals surface area contributed by atoms with Crippen LogP contribution in [0.2, 0.25) is 0 Å². The zero-order valence-electron chi connectivity index (χ0n) is 10.8. The molecule has 0 saturated carbocycles. The van der Waals surface area contributed by atoms with Crippen LogP contribution in [0.15, 0.2) is 34.4 Å². The quantitative estimate of drug-likeness (QED) is 0.771. The van der Waals surface area contributed by atoms with Crippen molar-refractivity contribution in [3.8, 4) is 5.69 Å². The number of benzene rings is 1. The van der Waals surface area contributed by atoms with Crippen LogP contribution in [-0.4, -0.2) is 31.1 Å². The van der Waals surface area contributed by atoms with Gasteiger partial charge < -0.3 is 0 Å². The number of carbonyl (C=O) groups excluding carboxylic acids is 1. The molecule has 1 N–H and O–H groups in total. The van der Waals surface area contributed by atoms with Crippen LogP contribution >= 0.6 is 27.3 Å². The lowest BCUT2D eigenvalue weighted by Crippen LogP contribution is -2.15. The molecule has 7 nitrogen and oxygen atoms in total. The molecule has 0 spiro atoms. The normalized spacial score (nSPS) is 10.6. The van der Waals surface area contributed by atoms with Crippen LogP contribution in [0, 0.1) is 6.92 Å². The molecule has 0 radical (unpaired) electrons. The van der Waals surface area contributed by atoms with Gasteiger partial charge >= 0.3 is 0 Å². The van der Waals surface area contributed by atoms with E-state index in [4.69, 9.17) is 0 Å². The molecule has 0 aliphatic carbocycles. The summed E-state index contributed by atoms with van der Waals surface area (Å²) in [5.74, 6) is -0.267. The van der Waals surface area contributed by atoms with Gasteiger partial charge in [-0.2, -0.15) is 4.68 Å². The van der Waals surface area contributed by atoms with Crippen molar-refractivity contribution in [2.45, 2.75) is 6.92 Å². The van der Waals surface area contributed by atoms with E-state index < -0.39 is 0 Å². The fraction of sp³-hybridized carbons (Fsp3) is 0.0833. The van der Waals surface area contributed by atoms with E-state index in [0.717, 1.165) is 10.2 Å². The van der Waals surface area contributed by atoms with Gasteiger partial charge in [0.05, 0.1) is 16.9 Å². The molecule has 3 rings (SSSR count). The minimum absolute atomic E-state index is 0.267. The third-order valence-corrected chi connectivity index (χ3v) is 4.01. The van der Waals surface area contributed by atoms with E-state index in [0.29, 0.717) is 16.4 Å². The van der Waals surface area contributed by atoms with E-state index in [1.807, 2.05) is 18.4 Å². The molecule has 0 unspecified atom stereocenters. The summed E-state index contributed by atoms with van der Waals surface area (Å²) in [5.41, 5.74) is 1.91. The second kappa shape index (κ2) is 5.70. The summed E-state index contributed by atoms with van der Waals surface area (Å²) in [6.45, 7) is 1.87. The van der Waals surface area contributed by atoms with Crippen LogP contribution in [0.5, 0.6) is 0 Å². The monoisotopic (exact) mass is 364 g/mol. The smallest absolute Gasteiger partial charge is 0.259 e. The number of halogens is 1. The van der Waals surface area contributed by atoms with Crippen molar-refractivity contribution in [2.75, 3.05) is 5.32 Å². The summed E-state index contributed by atoms with van der Waals surface area (Å²) in [7, 11) is 0. The molecule has 0 aliphatic heterocycles. The van der Waals surface area contributed by atoms with Gasteiger partial charge in [0.1, 0.15) is 6.33 Å². The van der Waals surface area contributed by atoms with Gasteiger partial charge in [0.15, 0.2) is 5.13 Å². The van der Waals surface area contributed by atoms with Crippen molar-refractivity contribution in [2.24, 2.45) is 0 Å². The minimum atomic E-state index is -0.267. The molecule has 21 heavy (non-hydrogen) atoms. The number of hydrogen-bond donors (Lipinski definition) is 1. The van der Waals surface area contributed by atoms with Gasteiger partial charge in [0.25, 0.3) is 5.91 Å². The van der Waals surface area contributed by atoms with Crippen molar-refractivity contribution in [1.29, 1.82) is 0 Å². The zero-order valence-corrected chi connectivity index (χ0v) is 13.2. The van der Waals surface area contributed by atoms with Crippen molar-refractivity contribution in [3.63, 3.8) is 0 Å². The third-order valence-electron chi connectivity index (χ3n) is 2.64. The van der Waals surface area contributed by atoms with Crippen LogP contribution in [0.3, 0.4) is 0 Å². The number of tetrazole rings is 1. The maximum absolute atomic E-state index is 12.4. The fourth-order valence-corrected chi connectivity index (χ4v) is 2.78. The number of hydrogen-bond acceptors (Lipinski definition) is 6. The molecular formula is C12H9BrN6OS. The summed E-state index contributed by atoms with van der Waals surface area (Å²) in [5, 5.41) is 16.2. The Balaban J connectivity index is 1.97. The van der Waals surface area contributed by atoms with Crippen molar-refractivity contribution < 1.29 is 4.79 Å². The van der Waals surface area contributed by atoms with Crippen molar-refractivity contribution in [1.82, 2.24) is 25.2 Å². The second-order valence-electron chi connectivity index (χ2n) is 4.16. The van der Waals surface area contributed by atoms with Crippen LogP contribution in [0.4, 0.5) is 5.13 Å². The molecule has 0 bridgehead atoms. The highest BCUT2D eigenvalue weighted by Gasteiger charge is 2.15. The standard InChI is InChI=1S/C12H9BrN6OS/c1-7-5-21-12(15-7)16-11(20)9-4-8(13)2-3-10(9)19-6-14-17-18-19/h2-6H,1H3,(H,15,16,20). The number of nitrogens with zero attached hydrogens (tertiary/aromatic N) is 5. The first-order valence-electron chi connectivity index (χ1n) is 5.90.